The largest absolute Gasteiger partial charge is 0.0808 e. The van der Waals surface area contributed by atoms with Gasteiger partial charge in [0.25, 0.3) is 0 Å². The van der Waals surface area contributed by atoms with Crippen LogP contribution in [0.1, 0.15) is 24.8 Å². The molecule has 0 radical (unpaired) electrons. The number of allylic oxidation sites excluding steroid dienone is 1. The molecule has 1 fully saturated rings. The summed E-state index contributed by atoms with van der Waals surface area (Å²) in [6.07, 6.45) is 8.79. The highest BCUT2D eigenvalue weighted by Crippen LogP contribution is 2.27. The highest BCUT2D eigenvalue weighted by atomic mass is 14.2. The third kappa shape index (κ3) is 1.76. The summed E-state index contributed by atoms with van der Waals surface area (Å²) in [6.45, 7) is 0. The van der Waals surface area contributed by atoms with E-state index in [9.17, 15) is 0 Å². The number of rotatable bonds is 2. The Bertz CT molecular complexity index is 255. The Balaban J connectivity index is 1.98. The lowest BCUT2D eigenvalue weighted by Crippen LogP contribution is -2.06. The van der Waals surface area contributed by atoms with E-state index in [2.05, 4.69) is 42.5 Å². The molecule has 1 aliphatic rings. The van der Waals surface area contributed by atoms with E-state index in [1.165, 1.54) is 24.8 Å². The molecule has 0 N–H and O–H groups in total. The quantitative estimate of drug-likeness (QED) is 0.618. The van der Waals surface area contributed by atoms with Gasteiger partial charge in [0.05, 0.1) is 0 Å². The van der Waals surface area contributed by atoms with Gasteiger partial charge in [-0.05, 0) is 24.3 Å². The molecule has 0 heteroatoms. The zero-order valence-corrected chi connectivity index (χ0v) is 7.24. The summed E-state index contributed by atoms with van der Waals surface area (Å²) in [4.78, 5) is 0. The van der Waals surface area contributed by atoms with E-state index in [0.717, 1.165) is 5.92 Å². The average molecular weight is 158 g/mol. The minimum atomic E-state index is 0.866. The van der Waals surface area contributed by atoms with Crippen molar-refractivity contribution in [3.63, 3.8) is 0 Å². The molecule has 0 aromatic heterocycles. The van der Waals surface area contributed by atoms with E-state index in [4.69, 9.17) is 0 Å². The van der Waals surface area contributed by atoms with Crippen LogP contribution in [0.15, 0.2) is 36.4 Å². The zero-order valence-electron chi connectivity index (χ0n) is 7.24. The van der Waals surface area contributed by atoms with Gasteiger partial charge in [0.2, 0.25) is 0 Å². The molecule has 0 nitrogen and oxygen atoms in total. The third-order valence-electron chi connectivity index (χ3n) is 2.51. The van der Waals surface area contributed by atoms with Gasteiger partial charge in [0.15, 0.2) is 0 Å². The van der Waals surface area contributed by atoms with Crippen LogP contribution in [0.25, 0.3) is 6.08 Å². The van der Waals surface area contributed by atoms with Crippen LogP contribution in [-0.2, 0) is 0 Å². The highest BCUT2D eigenvalue weighted by Gasteiger charge is 2.12. The van der Waals surface area contributed by atoms with Crippen molar-refractivity contribution in [3.05, 3.63) is 42.0 Å². The molecule has 0 bridgehead atoms. The van der Waals surface area contributed by atoms with Crippen molar-refractivity contribution in [3.8, 4) is 0 Å². The monoisotopic (exact) mass is 158 g/mol. The molecule has 0 atom stereocenters. The molecule has 2 rings (SSSR count). The molecule has 0 aliphatic heterocycles. The van der Waals surface area contributed by atoms with Gasteiger partial charge in [0, 0.05) is 0 Å². The first-order valence-corrected chi connectivity index (χ1v) is 4.68. The summed E-state index contributed by atoms with van der Waals surface area (Å²) in [7, 11) is 0. The Hall–Kier alpha value is -1.04. The molecule has 1 aromatic carbocycles. The van der Waals surface area contributed by atoms with Crippen molar-refractivity contribution in [1.29, 1.82) is 0 Å². The van der Waals surface area contributed by atoms with E-state index in [0.29, 0.717) is 0 Å². The van der Waals surface area contributed by atoms with Crippen LogP contribution >= 0.6 is 0 Å². The average Bonchev–Trinajstić information content (AvgIpc) is 2.04. The lowest BCUT2D eigenvalue weighted by atomic mass is 9.85. The fourth-order valence-electron chi connectivity index (χ4n) is 1.44. The van der Waals surface area contributed by atoms with Crippen molar-refractivity contribution < 1.29 is 0 Å². The topological polar surface area (TPSA) is 0 Å². The minimum Gasteiger partial charge on any atom is -0.0808 e. The van der Waals surface area contributed by atoms with Gasteiger partial charge in [-0.2, -0.15) is 0 Å². The van der Waals surface area contributed by atoms with Crippen LogP contribution in [0.4, 0.5) is 0 Å². The highest BCUT2D eigenvalue weighted by molar-refractivity contribution is 5.49. The molecular formula is C12H14. The van der Waals surface area contributed by atoms with E-state index in [1.807, 2.05) is 0 Å². The Morgan fingerprint density at radius 2 is 1.83 bits per heavy atom. The summed E-state index contributed by atoms with van der Waals surface area (Å²) in [5.74, 6) is 0.866. The first-order valence-electron chi connectivity index (χ1n) is 4.68. The van der Waals surface area contributed by atoms with Gasteiger partial charge < -0.3 is 0 Å². The summed E-state index contributed by atoms with van der Waals surface area (Å²) in [5.41, 5.74) is 1.32. The van der Waals surface area contributed by atoms with Gasteiger partial charge in [-0.25, -0.2) is 0 Å². The van der Waals surface area contributed by atoms with Crippen molar-refractivity contribution >= 4 is 6.08 Å². The van der Waals surface area contributed by atoms with Crippen molar-refractivity contribution in [2.45, 2.75) is 19.3 Å². The Morgan fingerprint density at radius 3 is 2.42 bits per heavy atom. The molecule has 1 saturated carbocycles. The van der Waals surface area contributed by atoms with Crippen LogP contribution in [0.5, 0.6) is 0 Å². The van der Waals surface area contributed by atoms with Crippen LogP contribution in [0.3, 0.4) is 0 Å². The predicted octanol–water partition coefficient (Wildman–Crippen LogP) is 3.50. The van der Waals surface area contributed by atoms with E-state index < -0.39 is 0 Å². The van der Waals surface area contributed by atoms with Gasteiger partial charge in [0.1, 0.15) is 0 Å². The van der Waals surface area contributed by atoms with Crippen molar-refractivity contribution in [1.82, 2.24) is 0 Å². The SMILES string of the molecule is C(=C\C1CCC1)/c1ccccc1. The molecule has 0 saturated heterocycles. The molecule has 0 heterocycles. The molecule has 1 aromatic rings. The number of hydrogen-bond acceptors (Lipinski definition) is 0. The summed E-state index contributed by atoms with van der Waals surface area (Å²) < 4.78 is 0. The van der Waals surface area contributed by atoms with Crippen molar-refractivity contribution in [2.24, 2.45) is 5.92 Å². The Kier molecular flexibility index (Phi) is 2.26. The zero-order chi connectivity index (χ0) is 8.23. The smallest absolute Gasteiger partial charge is 0.0230 e. The van der Waals surface area contributed by atoms with Gasteiger partial charge >= 0.3 is 0 Å². The second-order valence-corrected chi connectivity index (χ2v) is 3.46. The summed E-state index contributed by atoms with van der Waals surface area (Å²) in [6, 6.07) is 10.5. The molecule has 12 heavy (non-hydrogen) atoms. The Morgan fingerprint density at radius 1 is 1.08 bits per heavy atom. The van der Waals surface area contributed by atoms with Gasteiger partial charge in [-0.15, -0.1) is 0 Å². The standard InChI is InChI=1S/C12H14/c1-2-5-11(6-3-1)9-10-12-7-4-8-12/h1-3,5-6,9-10,12H,4,7-8H2/b10-9+. The van der Waals surface area contributed by atoms with E-state index in [1.54, 1.807) is 0 Å². The number of hydrogen-bond donors (Lipinski definition) is 0. The maximum absolute atomic E-state index is 2.35. The number of benzene rings is 1. The summed E-state index contributed by atoms with van der Waals surface area (Å²) >= 11 is 0. The fraction of sp³-hybridized carbons (Fsp3) is 0.333. The first kappa shape index (κ1) is 7.60. The third-order valence-corrected chi connectivity index (χ3v) is 2.51. The van der Waals surface area contributed by atoms with Crippen LogP contribution in [0.2, 0.25) is 0 Å². The molecule has 62 valence electrons. The Labute approximate surface area is 73.9 Å². The lowest BCUT2D eigenvalue weighted by Gasteiger charge is -2.21. The molecular weight excluding hydrogens is 144 g/mol. The van der Waals surface area contributed by atoms with Crippen LogP contribution < -0.4 is 0 Å². The first-order chi connectivity index (χ1) is 5.95. The summed E-state index contributed by atoms with van der Waals surface area (Å²) in [5, 5.41) is 0. The van der Waals surface area contributed by atoms with Gasteiger partial charge in [-0.3, -0.25) is 0 Å². The minimum absolute atomic E-state index is 0.866. The second-order valence-electron chi connectivity index (χ2n) is 3.46. The molecule has 1 aliphatic carbocycles. The normalized spacial score (nSPS) is 18.0. The molecule has 0 spiro atoms. The van der Waals surface area contributed by atoms with Gasteiger partial charge in [-0.1, -0.05) is 48.9 Å². The maximum atomic E-state index is 2.35. The fourth-order valence-corrected chi connectivity index (χ4v) is 1.44. The molecule has 0 amide bonds. The van der Waals surface area contributed by atoms with Crippen LogP contribution in [-0.4, -0.2) is 0 Å². The van der Waals surface area contributed by atoms with Crippen molar-refractivity contribution in [2.75, 3.05) is 0 Å². The lowest BCUT2D eigenvalue weighted by molar-refractivity contribution is 0.389. The van der Waals surface area contributed by atoms with E-state index in [-0.39, 0.29) is 0 Å². The van der Waals surface area contributed by atoms with E-state index >= 15 is 0 Å². The maximum Gasteiger partial charge on any atom is -0.0230 e. The predicted molar refractivity (Wildman–Crippen MR) is 52.8 cm³/mol. The van der Waals surface area contributed by atoms with Crippen LogP contribution in [0, 0.1) is 5.92 Å². The molecule has 0 unspecified atom stereocenters. The second kappa shape index (κ2) is 3.57.